The summed E-state index contributed by atoms with van der Waals surface area (Å²) in [4.78, 5) is 0.358. The first-order valence-electron chi connectivity index (χ1n) is 5.53. The van der Waals surface area contributed by atoms with Crippen molar-refractivity contribution < 1.29 is 4.74 Å². The highest BCUT2D eigenvalue weighted by atomic mass is 79.9. The van der Waals surface area contributed by atoms with Crippen LogP contribution < -0.4 is 10.5 Å². The van der Waals surface area contributed by atoms with Gasteiger partial charge in [-0.2, -0.15) is 0 Å². The van der Waals surface area contributed by atoms with E-state index < -0.39 is 0 Å². The van der Waals surface area contributed by atoms with Gasteiger partial charge in [0.25, 0.3) is 0 Å². The Labute approximate surface area is 130 Å². The highest BCUT2D eigenvalue weighted by Gasteiger charge is 2.04. The third-order valence-corrected chi connectivity index (χ3v) is 3.65. The van der Waals surface area contributed by atoms with Crippen LogP contribution in [0.2, 0.25) is 5.02 Å². The zero-order valence-electron chi connectivity index (χ0n) is 9.90. The number of hydrogen-bond acceptors (Lipinski definition) is 2. The van der Waals surface area contributed by atoms with Gasteiger partial charge < -0.3 is 10.5 Å². The van der Waals surface area contributed by atoms with Crippen LogP contribution in [0.1, 0.15) is 11.1 Å². The van der Waals surface area contributed by atoms with Crippen molar-refractivity contribution in [2.45, 2.75) is 6.61 Å². The van der Waals surface area contributed by atoms with Gasteiger partial charge in [0.05, 0.1) is 0 Å². The Morgan fingerprint density at radius 1 is 1.21 bits per heavy atom. The second-order valence-electron chi connectivity index (χ2n) is 3.92. The Hall–Kier alpha value is -1.10. The van der Waals surface area contributed by atoms with Gasteiger partial charge in [-0.05, 0) is 51.8 Å². The molecule has 0 aliphatic rings. The molecular formula is C14H11BrClNOS. The minimum absolute atomic E-state index is 0.358. The zero-order chi connectivity index (χ0) is 13.8. The molecule has 19 heavy (non-hydrogen) atoms. The molecule has 0 heterocycles. The molecule has 2 aromatic rings. The highest BCUT2D eigenvalue weighted by Crippen LogP contribution is 2.24. The van der Waals surface area contributed by atoms with Crippen LogP contribution in [-0.2, 0) is 6.61 Å². The van der Waals surface area contributed by atoms with E-state index in [1.807, 2.05) is 42.5 Å². The summed E-state index contributed by atoms with van der Waals surface area (Å²) < 4.78 is 6.52. The second-order valence-corrected chi connectivity index (χ2v) is 5.65. The Kier molecular flexibility index (Phi) is 4.80. The number of halogens is 2. The molecule has 0 atom stereocenters. The van der Waals surface area contributed by atoms with Gasteiger partial charge >= 0.3 is 0 Å². The lowest BCUT2D eigenvalue weighted by Crippen LogP contribution is -2.10. The van der Waals surface area contributed by atoms with Gasteiger partial charge in [0.1, 0.15) is 17.3 Å². The molecule has 0 unspecified atom stereocenters. The number of ether oxygens (including phenoxy) is 1. The van der Waals surface area contributed by atoms with Crippen molar-refractivity contribution in [1.29, 1.82) is 0 Å². The lowest BCUT2D eigenvalue weighted by atomic mass is 10.2. The van der Waals surface area contributed by atoms with Gasteiger partial charge in [-0.1, -0.05) is 36.0 Å². The average molecular weight is 357 g/mol. The van der Waals surface area contributed by atoms with Gasteiger partial charge in [0, 0.05) is 15.1 Å². The van der Waals surface area contributed by atoms with Crippen molar-refractivity contribution in [3.05, 3.63) is 63.1 Å². The van der Waals surface area contributed by atoms with E-state index in [1.54, 1.807) is 0 Å². The molecule has 0 saturated heterocycles. The molecule has 2 N–H and O–H groups in total. The average Bonchev–Trinajstić information content (AvgIpc) is 2.37. The second kappa shape index (κ2) is 6.37. The molecule has 0 radical (unpaired) electrons. The fourth-order valence-corrected chi connectivity index (χ4v) is 2.54. The fraction of sp³-hybridized carbons (Fsp3) is 0.0714. The van der Waals surface area contributed by atoms with Crippen LogP contribution in [0.25, 0.3) is 0 Å². The van der Waals surface area contributed by atoms with Crippen molar-refractivity contribution in [3.63, 3.8) is 0 Å². The van der Waals surface area contributed by atoms with E-state index >= 15 is 0 Å². The predicted octanol–water partition coefficient (Wildman–Crippen LogP) is 4.32. The molecular weight excluding hydrogens is 346 g/mol. The Morgan fingerprint density at radius 3 is 2.47 bits per heavy atom. The number of hydrogen-bond donors (Lipinski definition) is 1. The SMILES string of the molecule is NC(=S)c1ccc(OCc2ccc(Cl)cc2)cc1Br. The zero-order valence-corrected chi connectivity index (χ0v) is 13.1. The van der Waals surface area contributed by atoms with Crippen molar-refractivity contribution >= 4 is 44.7 Å². The van der Waals surface area contributed by atoms with Gasteiger partial charge in [-0.25, -0.2) is 0 Å². The van der Waals surface area contributed by atoms with Gasteiger partial charge in [-0.3, -0.25) is 0 Å². The summed E-state index contributed by atoms with van der Waals surface area (Å²) in [7, 11) is 0. The molecule has 0 aliphatic heterocycles. The van der Waals surface area contributed by atoms with E-state index in [-0.39, 0.29) is 0 Å². The monoisotopic (exact) mass is 355 g/mol. The number of thiocarbonyl (C=S) groups is 1. The molecule has 2 nitrogen and oxygen atoms in total. The maximum atomic E-state index is 5.83. The fourth-order valence-electron chi connectivity index (χ4n) is 1.53. The normalized spacial score (nSPS) is 10.2. The smallest absolute Gasteiger partial charge is 0.120 e. The Bertz CT molecular complexity index is 601. The summed E-state index contributed by atoms with van der Waals surface area (Å²) >= 11 is 14.2. The lowest BCUT2D eigenvalue weighted by molar-refractivity contribution is 0.306. The van der Waals surface area contributed by atoms with E-state index in [4.69, 9.17) is 34.3 Å². The minimum Gasteiger partial charge on any atom is -0.489 e. The summed E-state index contributed by atoms with van der Waals surface area (Å²) in [6, 6.07) is 13.1. The minimum atomic E-state index is 0.358. The quantitative estimate of drug-likeness (QED) is 0.829. The first-order valence-corrected chi connectivity index (χ1v) is 7.11. The summed E-state index contributed by atoms with van der Waals surface area (Å²) in [6.07, 6.45) is 0. The molecule has 0 aromatic heterocycles. The molecule has 5 heteroatoms. The highest BCUT2D eigenvalue weighted by molar-refractivity contribution is 9.10. The molecule has 0 saturated carbocycles. The van der Waals surface area contributed by atoms with Crippen LogP contribution in [-0.4, -0.2) is 4.99 Å². The van der Waals surface area contributed by atoms with Crippen LogP contribution in [0.5, 0.6) is 5.75 Å². The van der Waals surface area contributed by atoms with Crippen LogP contribution in [0.15, 0.2) is 46.9 Å². The third kappa shape index (κ3) is 3.93. The summed E-state index contributed by atoms with van der Waals surface area (Å²) in [6.45, 7) is 0.482. The van der Waals surface area contributed by atoms with Crippen LogP contribution >= 0.6 is 39.7 Å². The molecule has 2 aromatic carbocycles. The molecule has 2 rings (SSSR count). The van der Waals surface area contributed by atoms with Gasteiger partial charge in [-0.15, -0.1) is 0 Å². The molecule has 0 bridgehead atoms. The van der Waals surface area contributed by atoms with Crippen LogP contribution in [0.4, 0.5) is 0 Å². The number of benzene rings is 2. The third-order valence-electron chi connectivity index (χ3n) is 2.52. The summed E-state index contributed by atoms with van der Waals surface area (Å²) in [5, 5.41) is 0.715. The van der Waals surface area contributed by atoms with E-state index in [9.17, 15) is 0 Å². The Morgan fingerprint density at radius 2 is 1.89 bits per heavy atom. The Balaban J connectivity index is 2.06. The first kappa shape index (κ1) is 14.3. The largest absolute Gasteiger partial charge is 0.489 e. The van der Waals surface area contributed by atoms with Crippen LogP contribution in [0, 0.1) is 0 Å². The molecule has 0 spiro atoms. The molecule has 0 amide bonds. The van der Waals surface area contributed by atoms with E-state index in [0.717, 1.165) is 21.3 Å². The van der Waals surface area contributed by atoms with Crippen LogP contribution in [0.3, 0.4) is 0 Å². The number of rotatable bonds is 4. The van der Waals surface area contributed by atoms with Crippen molar-refractivity contribution in [3.8, 4) is 5.75 Å². The first-order chi connectivity index (χ1) is 9.06. The maximum absolute atomic E-state index is 5.83. The van der Waals surface area contributed by atoms with E-state index in [1.165, 1.54) is 0 Å². The van der Waals surface area contributed by atoms with Crippen molar-refractivity contribution in [2.24, 2.45) is 5.73 Å². The molecule has 98 valence electrons. The van der Waals surface area contributed by atoms with E-state index in [0.29, 0.717) is 16.6 Å². The van der Waals surface area contributed by atoms with Gasteiger partial charge in [0.2, 0.25) is 0 Å². The summed E-state index contributed by atoms with van der Waals surface area (Å²) in [5.41, 5.74) is 7.45. The van der Waals surface area contributed by atoms with Crippen molar-refractivity contribution in [1.82, 2.24) is 0 Å². The standard InChI is InChI=1S/C14H11BrClNOS/c15-13-7-11(5-6-12(13)14(17)19)18-8-9-1-3-10(16)4-2-9/h1-7H,8H2,(H2,17,19). The van der Waals surface area contributed by atoms with Gasteiger partial charge in [0.15, 0.2) is 0 Å². The number of nitrogens with two attached hydrogens (primary N) is 1. The summed E-state index contributed by atoms with van der Waals surface area (Å²) in [5.74, 6) is 0.752. The molecule has 0 aliphatic carbocycles. The maximum Gasteiger partial charge on any atom is 0.120 e. The van der Waals surface area contributed by atoms with Crippen molar-refractivity contribution in [2.75, 3.05) is 0 Å². The topological polar surface area (TPSA) is 35.2 Å². The predicted molar refractivity (Wildman–Crippen MR) is 85.8 cm³/mol. The van der Waals surface area contributed by atoms with E-state index in [2.05, 4.69) is 15.9 Å². The molecule has 0 fully saturated rings. The lowest BCUT2D eigenvalue weighted by Gasteiger charge is -2.09.